The highest BCUT2D eigenvalue weighted by molar-refractivity contribution is 6.22. The van der Waals surface area contributed by atoms with Crippen molar-refractivity contribution in [3.8, 4) is 0 Å². The fraction of sp³-hybridized carbons (Fsp3) is 0.250. The van der Waals surface area contributed by atoms with Crippen molar-refractivity contribution in [3.63, 3.8) is 0 Å². The van der Waals surface area contributed by atoms with Crippen LogP contribution < -0.4 is 4.90 Å². The van der Waals surface area contributed by atoms with Crippen molar-refractivity contribution in [2.75, 3.05) is 11.5 Å². The van der Waals surface area contributed by atoms with Gasteiger partial charge in [-0.1, -0.05) is 55.5 Å². The molecule has 0 unspecified atom stereocenters. The predicted molar refractivity (Wildman–Crippen MR) is 110 cm³/mol. The summed E-state index contributed by atoms with van der Waals surface area (Å²) in [6.45, 7) is 1.54. The van der Waals surface area contributed by atoms with E-state index < -0.39 is 5.97 Å². The Kier molecular flexibility index (Phi) is 5.31. The van der Waals surface area contributed by atoms with Crippen molar-refractivity contribution in [2.45, 2.75) is 13.3 Å². The molecule has 30 heavy (non-hydrogen) atoms. The number of imide groups is 1. The van der Waals surface area contributed by atoms with Crippen molar-refractivity contribution in [1.29, 1.82) is 0 Å². The van der Waals surface area contributed by atoms with E-state index >= 15 is 0 Å². The number of ether oxygens (including phenoxy) is 1. The topological polar surface area (TPSA) is 80.8 Å². The Morgan fingerprint density at radius 3 is 2.47 bits per heavy atom. The van der Waals surface area contributed by atoms with Crippen molar-refractivity contribution in [1.82, 2.24) is 0 Å². The zero-order valence-electron chi connectivity index (χ0n) is 16.5. The number of nitrogens with zero attached hydrogens (tertiary/aromatic N) is 1. The standard InChI is InChI=1S/C24H21NO5/c1-15-7-5-12-19-21(15)23(28)25(22(19)27)18-11-6-10-17(13-18)24(29)30-14-20(26)16-8-3-2-4-9-16/h2-11,13,15,19,21H,12,14H2,1H3/t15-,19+,21+/m1/s1. The number of hydrogen-bond donors (Lipinski definition) is 0. The van der Waals surface area contributed by atoms with Crippen LogP contribution in [0.2, 0.25) is 0 Å². The molecule has 1 aliphatic heterocycles. The van der Waals surface area contributed by atoms with Crippen LogP contribution in [0.15, 0.2) is 66.7 Å². The molecule has 2 aromatic rings. The SMILES string of the molecule is C[C@@H]1C=CC[C@@H]2C(=O)N(c3cccc(C(=O)OCC(=O)c4ccccc4)c3)C(=O)[C@@H]12. The summed E-state index contributed by atoms with van der Waals surface area (Å²) in [5.74, 6) is -2.23. The highest BCUT2D eigenvalue weighted by Crippen LogP contribution is 2.40. The average molecular weight is 403 g/mol. The highest BCUT2D eigenvalue weighted by atomic mass is 16.5. The third-order valence-corrected chi connectivity index (χ3v) is 5.64. The molecular weight excluding hydrogens is 382 g/mol. The summed E-state index contributed by atoms with van der Waals surface area (Å²) < 4.78 is 5.14. The van der Waals surface area contributed by atoms with E-state index in [4.69, 9.17) is 4.74 Å². The normalized spacial score (nSPS) is 22.7. The average Bonchev–Trinajstić information content (AvgIpc) is 3.03. The first-order valence-electron chi connectivity index (χ1n) is 9.87. The molecule has 0 aromatic heterocycles. The van der Waals surface area contributed by atoms with Crippen LogP contribution in [-0.4, -0.2) is 30.2 Å². The lowest BCUT2D eigenvalue weighted by atomic mass is 9.78. The summed E-state index contributed by atoms with van der Waals surface area (Å²) in [5, 5.41) is 0. The van der Waals surface area contributed by atoms with Gasteiger partial charge in [0, 0.05) is 5.56 Å². The molecule has 3 atom stereocenters. The Hall–Kier alpha value is -3.54. The Morgan fingerprint density at radius 1 is 1.00 bits per heavy atom. The third kappa shape index (κ3) is 3.56. The maximum atomic E-state index is 12.9. The number of benzene rings is 2. The Bertz CT molecular complexity index is 1040. The molecule has 0 spiro atoms. The molecule has 2 aromatic carbocycles. The third-order valence-electron chi connectivity index (χ3n) is 5.64. The Balaban J connectivity index is 1.49. The van der Waals surface area contributed by atoms with Crippen LogP contribution >= 0.6 is 0 Å². The second-order valence-corrected chi connectivity index (χ2v) is 7.58. The van der Waals surface area contributed by atoms with E-state index in [-0.39, 0.29) is 47.5 Å². The Labute approximate surface area is 174 Å². The predicted octanol–water partition coefficient (Wildman–Crippen LogP) is 3.43. The van der Waals surface area contributed by atoms with Crippen LogP contribution in [0.5, 0.6) is 0 Å². The first-order valence-corrected chi connectivity index (χ1v) is 9.87. The molecule has 1 fully saturated rings. The molecular formula is C24H21NO5. The summed E-state index contributed by atoms with van der Waals surface area (Å²) in [5.41, 5.74) is 0.975. The molecule has 0 saturated carbocycles. The quantitative estimate of drug-likeness (QED) is 0.331. The molecule has 6 heteroatoms. The second-order valence-electron chi connectivity index (χ2n) is 7.58. The fourth-order valence-electron chi connectivity index (χ4n) is 4.10. The highest BCUT2D eigenvalue weighted by Gasteiger charge is 2.50. The van der Waals surface area contributed by atoms with Gasteiger partial charge < -0.3 is 4.74 Å². The van der Waals surface area contributed by atoms with Gasteiger partial charge in [0.2, 0.25) is 11.8 Å². The molecule has 2 amide bonds. The lowest BCUT2D eigenvalue weighted by molar-refractivity contribution is -0.122. The first kappa shape index (κ1) is 19.8. The molecule has 4 rings (SSSR count). The van der Waals surface area contributed by atoms with Crippen LogP contribution in [0.4, 0.5) is 5.69 Å². The van der Waals surface area contributed by atoms with Crippen LogP contribution in [0.25, 0.3) is 0 Å². The zero-order chi connectivity index (χ0) is 21.3. The van der Waals surface area contributed by atoms with Crippen molar-refractivity contribution < 1.29 is 23.9 Å². The van der Waals surface area contributed by atoms with Gasteiger partial charge in [-0.05, 0) is 30.5 Å². The summed E-state index contributed by atoms with van der Waals surface area (Å²) in [6, 6.07) is 14.8. The summed E-state index contributed by atoms with van der Waals surface area (Å²) in [6.07, 6.45) is 4.45. The van der Waals surface area contributed by atoms with Gasteiger partial charge >= 0.3 is 5.97 Å². The maximum absolute atomic E-state index is 12.9. The first-order chi connectivity index (χ1) is 14.5. The number of allylic oxidation sites excluding steroid dienone is 2. The van der Waals surface area contributed by atoms with E-state index in [1.807, 2.05) is 19.1 Å². The van der Waals surface area contributed by atoms with E-state index in [1.165, 1.54) is 17.0 Å². The smallest absolute Gasteiger partial charge is 0.338 e. The molecule has 1 saturated heterocycles. The van der Waals surface area contributed by atoms with E-state index in [2.05, 4.69) is 0 Å². The lowest BCUT2D eigenvalue weighted by Crippen LogP contribution is -2.31. The van der Waals surface area contributed by atoms with E-state index in [9.17, 15) is 19.2 Å². The Morgan fingerprint density at radius 2 is 1.73 bits per heavy atom. The van der Waals surface area contributed by atoms with Crippen molar-refractivity contribution in [2.24, 2.45) is 17.8 Å². The lowest BCUT2D eigenvalue weighted by Gasteiger charge is -2.22. The fourth-order valence-corrected chi connectivity index (χ4v) is 4.10. The number of rotatable bonds is 5. The summed E-state index contributed by atoms with van der Waals surface area (Å²) in [4.78, 5) is 51.5. The molecule has 0 radical (unpaired) electrons. The molecule has 0 bridgehead atoms. The number of carbonyl (C=O) groups excluding carboxylic acids is 4. The zero-order valence-corrected chi connectivity index (χ0v) is 16.5. The minimum absolute atomic E-state index is 0.0117. The number of esters is 1. The number of fused-ring (bicyclic) bond motifs is 1. The van der Waals surface area contributed by atoms with Crippen LogP contribution in [0.3, 0.4) is 0 Å². The monoisotopic (exact) mass is 403 g/mol. The maximum Gasteiger partial charge on any atom is 0.338 e. The van der Waals surface area contributed by atoms with Gasteiger partial charge in [-0.25, -0.2) is 4.79 Å². The second kappa shape index (κ2) is 8.06. The van der Waals surface area contributed by atoms with E-state index in [0.717, 1.165) is 0 Å². The summed E-state index contributed by atoms with van der Waals surface area (Å²) in [7, 11) is 0. The minimum Gasteiger partial charge on any atom is -0.454 e. The molecule has 1 aliphatic carbocycles. The number of Topliss-reactive ketones (excluding diaryl/α,β-unsaturated/α-hetero) is 1. The van der Waals surface area contributed by atoms with Gasteiger partial charge in [-0.2, -0.15) is 0 Å². The van der Waals surface area contributed by atoms with E-state index in [1.54, 1.807) is 42.5 Å². The molecule has 6 nitrogen and oxygen atoms in total. The van der Waals surface area contributed by atoms with Gasteiger partial charge in [0.05, 0.1) is 23.1 Å². The molecule has 0 N–H and O–H groups in total. The van der Waals surface area contributed by atoms with Crippen molar-refractivity contribution >= 4 is 29.3 Å². The van der Waals surface area contributed by atoms with Crippen LogP contribution in [0.1, 0.15) is 34.1 Å². The van der Waals surface area contributed by atoms with Gasteiger partial charge in [-0.3, -0.25) is 19.3 Å². The summed E-state index contributed by atoms with van der Waals surface area (Å²) >= 11 is 0. The van der Waals surface area contributed by atoms with Gasteiger partial charge in [-0.15, -0.1) is 0 Å². The van der Waals surface area contributed by atoms with E-state index in [0.29, 0.717) is 17.7 Å². The molecule has 2 aliphatic rings. The number of carbonyl (C=O) groups is 4. The molecule has 152 valence electrons. The number of amides is 2. The number of anilines is 1. The van der Waals surface area contributed by atoms with Gasteiger partial charge in [0.15, 0.2) is 12.4 Å². The number of hydrogen-bond acceptors (Lipinski definition) is 5. The minimum atomic E-state index is -0.687. The van der Waals surface area contributed by atoms with Gasteiger partial charge in [0.1, 0.15) is 0 Å². The number of ketones is 1. The van der Waals surface area contributed by atoms with Crippen LogP contribution in [-0.2, 0) is 14.3 Å². The van der Waals surface area contributed by atoms with Gasteiger partial charge in [0.25, 0.3) is 0 Å². The van der Waals surface area contributed by atoms with Crippen molar-refractivity contribution in [3.05, 3.63) is 77.9 Å². The largest absolute Gasteiger partial charge is 0.454 e. The van der Waals surface area contributed by atoms with Crippen LogP contribution in [0, 0.1) is 17.8 Å². The molecule has 1 heterocycles.